The number of hydrogen-bond acceptors (Lipinski definition) is 1. The Morgan fingerprint density at radius 2 is 1.84 bits per heavy atom. The standard InChI is InChI=1S/C17H26OSi/c1-14(2)15-10-12-16(13-11-15)18-19(3,4)17-8-6-5-7-9-17/h5-9,12,14-15H,10-11,13H2,1-4H3. The molecule has 1 nitrogen and oxygen atoms in total. The van der Waals surface area contributed by atoms with Crippen LogP contribution in [0.15, 0.2) is 42.2 Å². The Morgan fingerprint density at radius 1 is 1.16 bits per heavy atom. The van der Waals surface area contributed by atoms with E-state index in [1.807, 2.05) is 0 Å². The van der Waals surface area contributed by atoms with E-state index in [1.54, 1.807) is 0 Å². The largest absolute Gasteiger partial charge is 0.543 e. The Balaban J connectivity index is 2.02. The van der Waals surface area contributed by atoms with Crippen molar-refractivity contribution in [3.63, 3.8) is 0 Å². The maximum absolute atomic E-state index is 6.39. The quantitative estimate of drug-likeness (QED) is 0.737. The molecule has 0 fully saturated rings. The van der Waals surface area contributed by atoms with Crippen LogP contribution in [-0.4, -0.2) is 8.32 Å². The zero-order chi connectivity index (χ0) is 13.9. The molecule has 1 atom stereocenters. The van der Waals surface area contributed by atoms with Gasteiger partial charge in [-0.1, -0.05) is 44.2 Å². The van der Waals surface area contributed by atoms with Crippen LogP contribution in [0.1, 0.15) is 33.1 Å². The SMILES string of the molecule is CC(C)C1CC=C(O[Si](C)(C)c2ccccc2)CC1. The lowest BCUT2D eigenvalue weighted by Gasteiger charge is -2.31. The van der Waals surface area contributed by atoms with Crippen LogP contribution in [0.5, 0.6) is 0 Å². The molecule has 0 spiro atoms. The van der Waals surface area contributed by atoms with Gasteiger partial charge in [0.15, 0.2) is 0 Å². The van der Waals surface area contributed by atoms with Gasteiger partial charge in [-0.2, -0.15) is 0 Å². The third-order valence-corrected chi connectivity index (χ3v) is 6.70. The first-order valence-electron chi connectivity index (χ1n) is 7.42. The van der Waals surface area contributed by atoms with E-state index in [0.717, 1.165) is 18.3 Å². The van der Waals surface area contributed by atoms with Gasteiger partial charge >= 0.3 is 0 Å². The van der Waals surface area contributed by atoms with Crippen molar-refractivity contribution in [3.05, 3.63) is 42.2 Å². The Kier molecular flexibility index (Phi) is 4.51. The van der Waals surface area contributed by atoms with E-state index in [0.29, 0.717) is 0 Å². The zero-order valence-corrected chi connectivity index (χ0v) is 13.6. The molecule has 0 saturated carbocycles. The second kappa shape index (κ2) is 5.95. The first-order valence-corrected chi connectivity index (χ1v) is 10.3. The van der Waals surface area contributed by atoms with E-state index in [-0.39, 0.29) is 0 Å². The Hall–Kier alpha value is -1.02. The van der Waals surface area contributed by atoms with Crippen LogP contribution in [0, 0.1) is 11.8 Å². The van der Waals surface area contributed by atoms with Gasteiger partial charge in [-0.3, -0.25) is 0 Å². The summed E-state index contributed by atoms with van der Waals surface area (Å²) in [5, 5.41) is 1.38. The van der Waals surface area contributed by atoms with Crippen molar-refractivity contribution in [2.75, 3.05) is 0 Å². The summed E-state index contributed by atoms with van der Waals surface area (Å²) in [6.45, 7) is 9.23. The maximum Gasteiger partial charge on any atom is 0.276 e. The summed E-state index contributed by atoms with van der Waals surface area (Å²) in [5.41, 5.74) is 0. The van der Waals surface area contributed by atoms with E-state index in [2.05, 4.69) is 63.3 Å². The Bertz CT molecular complexity index is 434. The summed E-state index contributed by atoms with van der Waals surface area (Å²) in [6, 6.07) is 10.7. The molecule has 0 radical (unpaired) electrons. The number of benzene rings is 1. The first kappa shape index (κ1) is 14.4. The molecule has 104 valence electrons. The Morgan fingerprint density at radius 3 is 2.37 bits per heavy atom. The van der Waals surface area contributed by atoms with Crippen LogP contribution in [0.3, 0.4) is 0 Å². The molecule has 1 unspecified atom stereocenters. The van der Waals surface area contributed by atoms with Crippen molar-refractivity contribution in [2.45, 2.75) is 46.2 Å². The van der Waals surface area contributed by atoms with Gasteiger partial charge in [0.25, 0.3) is 8.32 Å². The third kappa shape index (κ3) is 3.72. The summed E-state index contributed by atoms with van der Waals surface area (Å²) >= 11 is 0. The first-order chi connectivity index (χ1) is 8.99. The average Bonchev–Trinajstić information content (AvgIpc) is 2.40. The fourth-order valence-electron chi connectivity index (χ4n) is 2.75. The van der Waals surface area contributed by atoms with Crippen LogP contribution < -0.4 is 5.19 Å². The summed E-state index contributed by atoms with van der Waals surface area (Å²) in [4.78, 5) is 0. The highest BCUT2D eigenvalue weighted by Crippen LogP contribution is 2.30. The number of hydrogen-bond donors (Lipinski definition) is 0. The molecular weight excluding hydrogens is 248 g/mol. The van der Waals surface area contributed by atoms with Gasteiger partial charge < -0.3 is 4.43 Å². The normalized spacial score (nSPS) is 20.3. The molecule has 0 saturated heterocycles. The van der Waals surface area contributed by atoms with Crippen LogP contribution in [0.2, 0.25) is 13.1 Å². The van der Waals surface area contributed by atoms with Crippen molar-refractivity contribution in [1.82, 2.24) is 0 Å². The van der Waals surface area contributed by atoms with Gasteiger partial charge in [-0.05, 0) is 49.0 Å². The topological polar surface area (TPSA) is 9.23 Å². The van der Waals surface area contributed by atoms with Crippen LogP contribution in [-0.2, 0) is 4.43 Å². The van der Waals surface area contributed by atoms with E-state index in [4.69, 9.17) is 4.43 Å². The number of allylic oxidation sites excluding steroid dienone is 2. The van der Waals surface area contributed by atoms with Crippen molar-refractivity contribution < 1.29 is 4.43 Å². The van der Waals surface area contributed by atoms with E-state index >= 15 is 0 Å². The summed E-state index contributed by atoms with van der Waals surface area (Å²) in [7, 11) is -1.78. The van der Waals surface area contributed by atoms with Gasteiger partial charge in [0.05, 0.1) is 5.76 Å². The van der Waals surface area contributed by atoms with E-state index in [9.17, 15) is 0 Å². The molecule has 1 aliphatic carbocycles. The maximum atomic E-state index is 6.39. The molecule has 2 rings (SSSR count). The minimum Gasteiger partial charge on any atom is -0.543 e. The van der Waals surface area contributed by atoms with Crippen molar-refractivity contribution >= 4 is 13.5 Å². The van der Waals surface area contributed by atoms with Crippen LogP contribution >= 0.6 is 0 Å². The Labute approximate surface area is 118 Å². The second-order valence-corrected chi connectivity index (χ2v) is 10.2. The molecule has 0 heterocycles. The average molecular weight is 274 g/mol. The zero-order valence-electron chi connectivity index (χ0n) is 12.6. The molecule has 19 heavy (non-hydrogen) atoms. The highest BCUT2D eigenvalue weighted by molar-refractivity contribution is 6.84. The molecule has 0 bridgehead atoms. The second-order valence-electron chi connectivity index (χ2n) is 6.43. The summed E-state index contributed by atoms with van der Waals surface area (Å²) < 4.78 is 6.39. The van der Waals surface area contributed by atoms with Crippen LogP contribution in [0.4, 0.5) is 0 Å². The van der Waals surface area contributed by atoms with Crippen molar-refractivity contribution in [1.29, 1.82) is 0 Å². The lowest BCUT2D eigenvalue weighted by Crippen LogP contribution is -2.44. The summed E-state index contributed by atoms with van der Waals surface area (Å²) in [6.07, 6.45) is 5.92. The fraction of sp³-hybridized carbons (Fsp3) is 0.529. The molecule has 1 aromatic rings. The molecule has 2 heteroatoms. The monoisotopic (exact) mass is 274 g/mol. The molecule has 1 aromatic carbocycles. The predicted octanol–water partition coefficient (Wildman–Crippen LogP) is 4.46. The number of rotatable bonds is 4. The summed E-state index contributed by atoms with van der Waals surface area (Å²) in [5.74, 6) is 2.86. The lowest BCUT2D eigenvalue weighted by molar-refractivity contribution is 0.301. The molecule has 0 aliphatic heterocycles. The molecule has 0 aromatic heterocycles. The smallest absolute Gasteiger partial charge is 0.276 e. The van der Waals surface area contributed by atoms with Crippen molar-refractivity contribution in [2.24, 2.45) is 11.8 Å². The highest BCUT2D eigenvalue weighted by atomic mass is 28.4. The van der Waals surface area contributed by atoms with Gasteiger partial charge in [-0.25, -0.2) is 0 Å². The highest BCUT2D eigenvalue weighted by Gasteiger charge is 2.29. The third-order valence-electron chi connectivity index (χ3n) is 4.21. The van der Waals surface area contributed by atoms with Crippen LogP contribution in [0.25, 0.3) is 0 Å². The van der Waals surface area contributed by atoms with E-state index in [1.165, 1.54) is 23.8 Å². The van der Waals surface area contributed by atoms with Gasteiger partial charge in [0.2, 0.25) is 0 Å². The van der Waals surface area contributed by atoms with Gasteiger partial charge in [-0.15, -0.1) is 0 Å². The minimum absolute atomic E-state index is 0.789. The molecule has 1 aliphatic rings. The predicted molar refractivity (Wildman–Crippen MR) is 84.9 cm³/mol. The fourth-order valence-corrected chi connectivity index (χ4v) is 4.71. The van der Waals surface area contributed by atoms with Crippen molar-refractivity contribution in [3.8, 4) is 0 Å². The molecule has 0 amide bonds. The van der Waals surface area contributed by atoms with Gasteiger partial charge in [0, 0.05) is 6.42 Å². The lowest BCUT2D eigenvalue weighted by atomic mass is 9.85. The minimum atomic E-state index is -1.78. The van der Waals surface area contributed by atoms with E-state index < -0.39 is 8.32 Å². The molecule has 0 N–H and O–H groups in total. The van der Waals surface area contributed by atoms with Gasteiger partial charge in [0.1, 0.15) is 0 Å². The molecular formula is C17H26OSi.